The quantitative estimate of drug-likeness (QED) is 0.385. The van der Waals surface area contributed by atoms with Crippen LogP contribution in [0.2, 0.25) is 0 Å². The summed E-state index contributed by atoms with van der Waals surface area (Å²) in [5.41, 5.74) is 7.46. The van der Waals surface area contributed by atoms with E-state index in [4.69, 9.17) is 20.6 Å². The van der Waals surface area contributed by atoms with Crippen molar-refractivity contribution in [1.29, 1.82) is 0 Å². The Morgan fingerprint density at radius 3 is 2.49 bits per heavy atom. The molecule has 2 N–H and O–H groups in total. The third-order valence-electron chi connectivity index (χ3n) is 7.20. The normalized spacial score (nSPS) is 18.4. The minimum absolute atomic E-state index is 0.0300. The van der Waals surface area contributed by atoms with Crippen LogP contribution in [0.25, 0.3) is 11.4 Å². The second-order valence-electron chi connectivity index (χ2n) is 12.1. The van der Waals surface area contributed by atoms with Crippen LogP contribution in [0, 0.1) is 24.0 Å². The monoisotopic (exact) mass is 568 g/mol. The van der Waals surface area contributed by atoms with E-state index in [1.54, 1.807) is 4.68 Å². The molecule has 2 aromatic carbocycles. The Hall–Kier alpha value is -3.37. The van der Waals surface area contributed by atoms with Gasteiger partial charge in [0.15, 0.2) is 11.6 Å². The zero-order valence-electron chi connectivity index (χ0n) is 24.9. The second kappa shape index (κ2) is 12.7. The number of carbonyl (C=O) groups is 1. The Balaban J connectivity index is 1.86. The molecule has 0 saturated carbocycles. The summed E-state index contributed by atoms with van der Waals surface area (Å²) in [4.78, 5) is 22.7. The molecule has 4 rings (SSSR count). The highest BCUT2D eigenvalue weighted by Gasteiger charge is 2.41. The molecule has 0 aliphatic carbocycles. The maximum Gasteiger partial charge on any atom is 0.320 e. The number of rotatable bonds is 8. The molecule has 10 heteroatoms. The largest absolute Gasteiger partial charge is 0.372 e. The van der Waals surface area contributed by atoms with Crippen LogP contribution < -0.4 is 5.73 Å². The highest BCUT2D eigenvalue weighted by Crippen LogP contribution is 2.39. The zero-order chi connectivity index (χ0) is 29.9. The summed E-state index contributed by atoms with van der Waals surface area (Å²) in [6.07, 6.45) is 0.393. The van der Waals surface area contributed by atoms with Gasteiger partial charge in [0, 0.05) is 19.6 Å². The van der Waals surface area contributed by atoms with E-state index in [-0.39, 0.29) is 29.6 Å². The number of hydrogen-bond donors (Lipinski definition) is 1. The third-order valence-corrected chi connectivity index (χ3v) is 7.20. The number of nitrogens with zero attached hydrogens (tertiary/aromatic N) is 5. The van der Waals surface area contributed by atoms with E-state index in [0.717, 1.165) is 29.3 Å². The van der Waals surface area contributed by atoms with Gasteiger partial charge >= 0.3 is 6.03 Å². The fourth-order valence-corrected chi connectivity index (χ4v) is 5.55. The lowest BCUT2D eigenvalue weighted by atomic mass is 9.84. The Kier molecular flexibility index (Phi) is 9.44. The van der Waals surface area contributed by atoms with Crippen LogP contribution >= 0.6 is 0 Å². The van der Waals surface area contributed by atoms with Crippen LogP contribution in [0.1, 0.15) is 64.0 Å². The number of benzene rings is 2. The van der Waals surface area contributed by atoms with Crippen molar-refractivity contribution in [2.75, 3.05) is 26.2 Å². The van der Waals surface area contributed by atoms with Crippen LogP contribution in [-0.4, -0.2) is 69.0 Å². The predicted molar refractivity (Wildman–Crippen MR) is 155 cm³/mol. The van der Waals surface area contributed by atoms with Gasteiger partial charge in [0.2, 0.25) is 0 Å². The standard InChI is InChI=1S/C31H42F2N6O2/c1-20-9-7-10-23(15-20)19-39-29(35-28(36-39)25-16-24(32)11-12-26(25)33)27(31(4,5)6)38(14-8-13-34)30(40)37-17-21(2)41-22(3)18-37/h7,9-12,15-16,21-22,27H,8,13-14,17-19,34H2,1-6H3/t21-,22+,27-/m0/s1. The average molecular weight is 569 g/mol. The number of ether oxygens (including phenoxy) is 1. The molecule has 1 aromatic heterocycles. The van der Waals surface area contributed by atoms with Gasteiger partial charge in [0.05, 0.1) is 30.4 Å². The molecule has 1 saturated heterocycles. The van der Waals surface area contributed by atoms with E-state index in [1.165, 1.54) is 0 Å². The molecule has 222 valence electrons. The van der Waals surface area contributed by atoms with Crippen LogP contribution in [0.4, 0.5) is 13.6 Å². The summed E-state index contributed by atoms with van der Waals surface area (Å²) in [5.74, 6) is -0.637. The van der Waals surface area contributed by atoms with Crippen molar-refractivity contribution in [3.63, 3.8) is 0 Å². The number of amides is 2. The van der Waals surface area contributed by atoms with Crippen molar-refractivity contribution in [2.45, 2.75) is 72.8 Å². The van der Waals surface area contributed by atoms with Crippen LogP contribution in [0.5, 0.6) is 0 Å². The molecule has 2 amide bonds. The number of carbonyl (C=O) groups excluding carboxylic acids is 1. The first kappa shape index (κ1) is 30.6. The SMILES string of the molecule is Cc1cccc(Cn2nc(-c3cc(F)ccc3F)nc2[C@H](N(CCCN)C(=O)N2C[C@@H](C)O[C@@H](C)C2)C(C)(C)C)c1. The van der Waals surface area contributed by atoms with Gasteiger partial charge in [-0.05, 0) is 62.9 Å². The molecule has 0 spiro atoms. The van der Waals surface area contributed by atoms with Gasteiger partial charge < -0.3 is 20.3 Å². The Morgan fingerprint density at radius 2 is 1.85 bits per heavy atom. The molecule has 0 radical (unpaired) electrons. The van der Waals surface area contributed by atoms with E-state index in [9.17, 15) is 13.6 Å². The molecular weight excluding hydrogens is 526 g/mol. The van der Waals surface area contributed by atoms with Crippen LogP contribution in [0.15, 0.2) is 42.5 Å². The first-order valence-electron chi connectivity index (χ1n) is 14.2. The average Bonchev–Trinajstić information content (AvgIpc) is 3.28. The summed E-state index contributed by atoms with van der Waals surface area (Å²) >= 11 is 0. The minimum Gasteiger partial charge on any atom is -0.372 e. The number of aromatic nitrogens is 3. The maximum absolute atomic E-state index is 14.9. The lowest BCUT2D eigenvalue weighted by Gasteiger charge is -2.44. The van der Waals surface area contributed by atoms with Gasteiger partial charge in [-0.15, -0.1) is 0 Å². The van der Waals surface area contributed by atoms with Crippen molar-refractivity contribution in [1.82, 2.24) is 24.6 Å². The molecule has 2 heterocycles. The zero-order valence-corrected chi connectivity index (χ0v) is 24.9. The van der Waals surface area contributed by atoms with Crippen molar-refractivity contribution in [3.05, 3.63) is 71.1 Å². The van der Waals surface area contributed by atoms with Crippen LogP contribution in [-0.2, 0) is 11.3 Å². The smallest absolute Gasteiger partial charge is 0.320 e. The fourth-order valence-electron chi connectivity index (χ4n) is 5.55. The molecule has 41 heavy (non-hydrogen) atoms. The van der Waals surface area contributed by atoms with Crippen molar-refractivity contribution >= 4 is 6.03 Å². The molecule has 0 bridgehead atoms. The van der Waals surface area contributed by atoms with Crippen molar-refractivity contribution in [3.8, 4) is 11.4 Å². The summed E-state index contributed by atoms with van der Waals surface area (Å²) in [6.45, 7) is 14.1. The van der Waals surface area contributed by atoms with Crippen molar-refractivity contribution in [2.24, 2.45) is 11.1 Å². The number of hydrogen-bond acceptors (Lipinski definition) is 5. The molecule has 3 atom stereocenters. The van der Waals surface area contributed by atoms with Gasteiger partial charge in [-0.1, -0.05) is 50.6 Å². The number of morpholine rings is 1. The van der Waals surface area contributed by atoms with E-state index >= 15 is 0 Å². The number of aryl methyl sites for hydroxylation is 1. The number of halogens is 2. The summed E-state index contributed by atoms with van der Waals surface area (Å²) in [5, 5.41) is 4.70. The van der Waals surface area contributed by atoms with E-state index < -0.39 is 23.1 Å². The molecule has 0 unspecified atom stereocenters. The summed E-state index contributed by atoms with van der Waals surface area (Å²) in [6, 6.07) is 10.6. The van der Waals surface area contributed by atoms with Gasteiger partial charge in [-0.2, -0.15) is 5.10 Å². The summed E-state index contributed by atoms with van der Waals surface area (Å²) < 4.78 is 36.7. The lowest BCUT2D eigenvalue weighted by Crippen LogP contribution is -2.55. The Labute approximate surface area is 241 Å². The van der Waals surface area contributed by atoms with Gasteiger partial charge in [0.1, 0.15) is 11.6 Å². The summed E-state index contributed by atoms with van der Waals surface area (Å²) in [7, 11) is 0. The number of urea groups is 1. The highest BCUT2D eigenvalue weighted by molar-refractivity contribution is 5.75. The van der Waals surface area contributed by atoms with Crippen molar-refractivity contribution < 1.29 is 18.3 Å². The topological polar surface area (TPSA) is 89.5 Å². The minimum atomic E-state index is -0.620. The van der Waals surface area contributed by atoms with Gasteiger partial charge in [0.25, 0.3) is 0 Å². The molecule has 1 aliphatic heterocycles. The molecule has 3 aromatic rings. The molecule has 8 nitrogen and oxygen atoms in total. The highest BCUT2D eigenvalue weighted by atomic mass is 19.1. The third kappa shape index (κ3) is 7.29. The van der Waals surface area contributed by atoms with E-state index in [1.807, 2.05) is 75.6 Å². The first-order valence-corrected chi connectivity index (χ1v) is 14.2. The first-order chi connectivity index (χ1) is 19.4. The Bertz CT molecular complexity index is 1340. The second-order valence-corrected chi connectivity index (χ2v) is 12.1. The predicted octanol–water partition coefficient (Wildman–Crippen LogP) is 5.55. The molecule has 1 aliphatic rings. The number of nitrogens with two attached hydrogens (primary N) is 1. The van der Waals surface area contributed by atoms with Crippen LogP contribution in [0.3, 0.4) is 0 Å². The van der Waals surface area contributed by atoms with Gasteiger partial charge in [-0.3, -0.25) is 0 Å². The molecule has 1 fully saturated rings. The lowest BCUT2D eigenvalue weighted by molar-refractivity contribution is -0.0612. The fraction of sp³-hybridized carbons (Fsp3) is 0.516. The Morgan fingerprint density at radius 1 is 1.15 bits per heavy atom. The van der Waals surface area contributed by atoms with Gasteiger partial charge in [-0.25, -0.2) is 23.2 Å². The van der Waals surface area contributed by atoms with E-state index in [0.29, 0.717) is 45.0 Å². The van der Waals surface area contributed by atoms with E-state index in [2.05, 4.69) is 0 Å². The molecular formula is C31H42F2N6O2. The maximum atomic E-state index is 14.9.